The SMILES string of the molecule is O=C(CSc1nnc(CNC(=O)c2cccs2)n1-c1ccccc1)Nc1nccs1. The number of thiazole rings is 1. The second kappa shape index (κ2) is 9.65. The van der Waals surface area contributed by atoms with E-state index in [1.165, 1.54) is 34.4 Å². The predicted molar refractivity (Wildman–Crippen MR) is 118 cm³/mol. The van der Waals surface area contributed by atoms with E-state index in [4.69, 9.17) is 0 Å². The van der Waals surface area contributed by atoms with Crippen LogP contribution in [0.25, 0.3) is 5.69 Å². The number of nitrogens with zero attached hydrogens (tertiary/aromatic N) is 4. The molecular weight excluding hydrogens is 440 g/mol. The van der Waals surface area contributed by atoms with E-state index in [1.807, 2.05) is 46.3 Å². The monoisotopic (exact) mass is 456 g/mol. The van der Waals surface area contributed by atoms with Crippen LogP contribution in [0.15, 0.2) is 64.6 Å². The summed E-state index contributed by atoms with van der Waals surface area (Å²) in [6.07, 6.45) is 1.64. The van der Waals surface area contributed by atoms with Crippen molar-refractivity contribution in [3.8, 4) is 5.69 Å². The number of carbonyl (C=O) groups excluding carboxylic acids is 2. The first-order valence-corrected chi connectivity index (χ1v) is 11.6. The first-order valence-electron chi connectivity index (χ1n) is 8.84. The first-order chi connectivity index (χ1) is 14.7. The van der Waals surface area contributed by atoms with Crippen molar-refractivity contribution in [2.45, 2.75) is 11.7 Å². The number of hydrogen-bond acceptors (Lipinski definition) is 8. The minimum Gasteiger partial charge on any atom is -0.344 e. The van der Waals surface area contributed by atoms with Gasteiger partial charge in [0.2, 0.25) is 5.91 Å². The summed E-state index contributed by atoms with van der Waals surface area (Å²) < 4.78 is 1.84. The average Bonchev–Trinajstić information content (AvgIpc) is 3.53. The fourth-order valence-electron chi connectivity index (χ4n) is 2.57. The van der Waals surface area contributed by atoms with Gasteiger partial charge in [0.15, 0.2) is 16.1 Å². The zero-order valence-electron chi connectivity index (χ0n) is 15.5. The number of benzene rings is 1. The highest BCUT2D eigenvalue weighted by atomic mass is 32.2. The maximum atomic E-state index is 12.3. The molecule has 0 atom stereocenters. The van der Waals surface area contributed by atoms with Crippen molar-refractivity contribution in [2.75, 3.05) is 11.1 Å². The molecule has 0 fully saturated rings. The molecule has 0 aliphatic rings. The largest absolute Gasteiger partial charge is 0.344 e. The average molecular weight is 457 g/mol. The fourth-order valence-corrected chi connectivity index (χ4v) is 4.53. The van der Waals surface area contributed by atoms with Gasteiger partial charge in [-0.1, -0.05) is 36.0 Å². The lowest BCUT2D eigenvalue weighted by molar-refractivity contribution is -0.113. The van der Waals surface area contributed by atoms with Gasteiger partial charge in [0.25, 0.3) is 5.91 Å². The highest BCUT2D eigenvalue weighted by Gasteiger charge is 2.17. The van der Waals surface area contributed by atoms with Crippen molar-refractivity contribution in [1.29, 1.82) is 0 Å². The standard InChI is InChI=1S/C19H16N6O2S3/c26-16(22-18-20-8-10-29-18)12-30-19-24-23-15(25(19)13-5-2-1-3-6-13)11-21-17(27)14-7-4-9-28-14/h1-10H,11-12H2,(H,21,27)(H,20,22,26). The van der Waals surface area contributed by atoms with Crippen molar-refractivity contribution < 1.29 is 9.59 Å². The van der Waals surface area contributed by atoms with Gasteiger partial charge in [-0.05, 0) is 23.6 Å². The van der Waals surface area contributed by atoms with Crippen LogP contribution in [-0.2, 0) is 11.3 Å². The number of hydrogen-bond donors (Lipinski definition) is 2. The molecule has 1 aromatic carbocycles. The molecule has 0 bridgehead atoms. The van der Waals surface area contributed by atoms with Gasteiger partial charge in [0, 0.05) is 17.3 Å². The van der Waals surface area contributed by atoms with Crippen LogP contribution in [-0.4, -0.2) is 37.3 Å². The number of carbonyl (C=O) groups is 2. The van der Waals surface area contributed by atoms with Crippen molar-refractivity contribution in [3.05, 3.63) is 70.1 Å². The van der Waals surface area contributed by atoms with Crippen molar-refractivity contribution in [2.24, 2.45) is 0 Å². The van der Waals surface area contributed by atoms with E-state index < -0.39 is 0 Å². The van der Waals surface area contributed by atoms with Crippen LogP contribution in [0.3, 0.4) is 0 Å². The lowest BCUT2D eigenvalue weighted by Gasteiger charge is -2.10. The molecule has 0 saturated carbocycles. The molecule has 3 aromatic heterocycles. The number of rotatable bonds is 8. The highest BCUT2D eigenvalue weighted by Crippen LogP contribution is 2.23. The Morgan fingerprint density at radius 1 is 1.03 bits per heavy atom. The lowest BCUT2D eigenvalue weighted by Crippen LogP contribution is -2.24. The van der Waals surface area contributed by atoms with Crippen LogP contribution in [0.2, 0.25) is 0 Å². The number of para-hydroxylation sites is 1. The minimum atomic E-state index is -0.176. The molecule has 3 heterocycles. The third kappa shape index (κ3) is 4.93. The van der Waals surface area contributed by atoms with Gasteiger partial charge in [0.05, 0.1) is 17.2 Å². The number of nitrogens with one attached hydrogen (secondary N) is 2. The Morgan fingerprint density at radius 2 is 1.90 bits per heavy atom. The van der Waals surface area contributed by atoms with Crippen LogP contribution in [0.4, 0.5) is 5.13 Å². The Labute approximate surface area is 184 Å². The zero-order valence-corrected chi connectivity index (χ0v) is 18.0. The number of thioether (sulfide) groups is 1. The zero-order chi connectivity index (χ0) is 20.8. The van der Waals surface area contributed by atoms with Gasteiger partial charge in [-0.25, -0.2) is 4.98 Å². The maximum absolute atomic E-state index is 12.3. The topological polar surface area (TPSA) is 102 Å². The smallest absolute Gasteiger partial charge is 0.261 e. The quantitative estimate of drug-likeness (QED) is 0.394. The molecule has 2 N–H and O–H groups in total. The second-order valence-corrected chi connectivity index (χ2v) is 8.69. The Morgan fingerprint density at radius 3 is 2.63 bits per heavy atom. The van der Waals surface area contributed by atoms with E-state index in [1.54, 1.807) is 17.6 Å². The molecule has 2 amide bonds. The summed E-state index contributed by atoms with van der Waals surface area (Å²) in [5.74, 6) is 0.398. The first kappa shape index (κ1) is 20.3. The molecule has 0 radical (unpaired) electrons. The summed E-state index contributed by atoms with van der Waals surface area (Å²) in [7, 11) is 0. The number of aromatic nitrogens is 4. The molecule has 0 spiro atoms. The van der Waals surface area contributed by atoms with E-state index in [-0.39, 0.29) is 24.1 Å². The van der Waals surface area contributed by atoms with E-state index >= 15 is 0 Å². The normalized spacial score (nSPS) is 10.7. The van der Waals surface area contributed by atoms with E-state index in [9.17, 15) is 9.59 Å². The number of anilines is 1. The number of amides is 2. The summed E-state index contributed by atoms with van der Waals surface area (Å²) >= 11 is 4.01. The molecular formula is C19H16N6O2S3. The summed E-state index contributed by atoms with van der Waals surface area (Å²) in [6.45, 7) is 0.213. The summed E-state index contributed by atoms with van der Waals surface area (Å²) in [4.78, 5) is 29.2. The van der Waals surface area contributed by atoms with Crippen LogP contribution < -0.4 is 10.6 Å². The van der Waals surface area contributed by atoms with Gasteiger partial charge in [-0.2, -0.15) is 0 Å². The highest BCUT2D eigenvalue weighted by molar-refractivity contribution is 7.99. The molecule has 11 heteroatoms. The molecule has 8 nitrogen and oxygen atoms in total. The van der Waals surface area contributed by atoms with Crippen molar-refractivity contribution in [3.63, 3.8) is 0 Å². The van der Waals surface area contributed by atoms with Crippen LogP contribution >= 0.6 is 34.4 Å². The molecule has 0 aliphatic carbocycles. The van der Waals surface area contributed by atoms with E-state index in [0.717, 1.165) is 5.69 Å². The Balaban J connectivity index is 1.49. The van der Waals surface area contributed by atoms with Crippen LogP contribution in [0.1, 0.15) is 15.5 Å². The Hall–Kier alpha value is -3.02. The van der Waals surface area contributed by atoms with Crippen molar-refractivity contribution >= 4 is 51.4 Å². The van der Waals surface area contributed by atoms with E-state index in [2.05, 4.69) is 25.8 Å². The van der Waals surface area contributed by atoms with Gasteiger partial charge in [-0.15, -0.1) is 32.9 Å². The maximum Gasteiger partial charge on any atom is 0.261 e. The molecule has 4 aromatic rings. The lowest BCUT2D eigenvalue weighted by atomic mass is 10.3. The number of thiophene rings is 1. The third-order valence-corrected chi connectivity index (χ3v) is 6.36. The van der Waals surface area contributed by atoms with Crippen LogP contribution in [0, 0.1) is 0 Å². The molecule has 0 aliphatic heterocycles. The van der Waals surface area contributed by atoms with Crippen LogP contribution in [0.5, 0.6) is 0 Å². The Bertz CT molecular complexity index is 1110. The molecule has 4 rings (SSSR count). The molecule has 152 valence electrons. The fraction of sp³-hybridized carbons (Fsp3) is 0.105. The minimum absolute atomic E-state index is 0.159. The summed E-state index contributed by atoms with van der Waals surface area (Å²) in [5, 5.41) is 18.9. The molecule has 0 unspecified atom stereocenters. The van der Waals surface area contributed by atoms with Gasteiger partial charge in [-0.3, -0.25) is 14.2 Å². The van der Waals surface area contributed by atoms with Crippen molar-refractivity contribution in [1.82, 2.24) is 25.1 Å². The Kier molecular flexibility index (Phi) is 6.52. The van der Waals surface area contributed by atoms with Gasteiger partial charge in [0.1, 0.15) is 0 Å². The summed E-state index contributed by atoms with van der Waals surface area (Å²) in [6, 6.07) is 13.2. The van der Waals surface area contributed by atoms with Gasteiger partial charge >= 0.3 is 0 Å². The third-order valence-electron chi connectivity index (χ3n) is 3.88. The molecule has 30 heavy (non-hydrogen) atoms. The predicted octanol–water partition coefficient (Wildman–Crippen LogP) is 3.45. The van der Waals surface area contributed by atoms with Gasteiger partial charge < -0.3 is 10.6 Å². The summed E-state index contributed by atoms with van der Waals surface area (Å²) in [5.41, 5.74) is 0.853. The van der Waals surface area contributed by atoms with E-state index in [0.29, 0.717) is 21.0 Å². The second-order valence-electron chi connectivity index (χ2n) is 5.90. The molecule has 0 saturated heterocycles.